The first kappa shape index (κ1) is 16.7. The van der Waals surface area contributed by atoms with Gasteiger partial charge in [0.2, 0.25) is 5.69 Å². The Morgan fingerprint density at radius 2 is 1.87 bits per heavy atom. The second-order valence-corrected chi connectivity index (χ2v) is 5.84. The molecule has 0 spiro atoms. The van der Waals surface area contributed by atoms with E-state index in [1.807, 2.05) is 0 Å². The first-order valence-electron chi connectivity index (χ1n) is 6.82. The molecule has 0 bridgehead atoms. The lowest BCUT2D eigenvalue weighted by Crippen LogP contribution is -2.35. The Bertz CT molecular complexity index is 755. The molecule has 122 valence electrons. The predicted molar refractivity (Wildman–Crippen MR) is 79.9 cm³/mol. The molecular formula is C16H16F2N2O3. The highest BCUT2D eigenvalue weighted by Gasteiger charge is 2.23. The van der Waals surface area contributed by atoms with E-state index in [4.69, 9.17) is 4.84 Å². The Morgan fingerprint density at radius 1 is 1.22 bits per heavy atom. The molecule has 0 radical (unpaired) electrons. The van der Waals surface area contributed by atoms with E-state index in [-0.39, 0.29) is 17.0 Å². The minimum atomic E-state index is -1.20. The maximum absolute atomic E-state index is 13.5. The largest absolute Gasteiger partial charge is 0.618 e. The number of hydrogen-bond donors (Lipinski definition) is 1. The Hall–Kier alpha value is -2.70. The second kappa shape index (κ2) is 6.20. The van der Waals surface area contributed by atoms with Gasteiger partial charge in [0.05, 0.1) is 5.56 Å². The fourth-order valence-electron chi connectivity index (χ4n) is 1.75. The fourth-order valence-corrected chi connectivity index (χ4v) is 1.75. The lowest BCUT2D eigenvalue weighted by Gasteiger charge is -2.17. The van der Waals surface area contributed by atoms with Crippen LogP contribution in [0.2, 0.25) is 0 Å². The van der Waals surface area contributed by atoms with E-state index in [2.05, 4.69) is 5.16 Å². The Morgan fingerprint density at radius 3 is 2.48 bits per heavy atom. The molecule has 0 amide bonds. The molecule has 1 N–H and O–H groups in total. The van der Waals surface area contributed by atoms with Crippen molar-refractivity contribution in [3.8, 4) is 5.75 Å². The highest BCUT2D eigenvalue weighted by molar-refractivity contribution is 6.12. The number of pyridine rings is 1. The summed E-state index contributed by atoms with van der Waals surface area (Å²) in [5.74, 6) is -2.93. The van der Waals surface area contributed by atoms with E-state index in [1.165, 1.54) is 18.3 Å². The predicted octanol–water partition coefficient (Wildman–Crippen LogP) is 2.87. The summed E-state index contributed by atoms with van der Waals surface area (Å²) in [5, 5.41) is 25.7. The zero-order valence-corrected chi connectivity index (χ0v) is 12.9. The number of benzene rings is 1. The summed E-state index contributed by atoms with van der Waals surface area (Å²) < 4.78 is 27.2. The Kier molecular flexibility index (Phi) is 4.49. The molecule has 0 atom stereocenters. The highest BCUT2D eigenvalue weighted by atomic mass is 19.2. The van der Waals surface area contributed by atoms with Crippen molar-refractivity contribution >= 4 is 5.71 Å². The zero-order valence-electron chi connectivity index (χ0n) is 12.9. The van der Waals surface area contributed by atoms with Crippen LogP contribution in [0.5, 0.6) is 5.75 Å². The molecule has 1 aromatic heterocycles. The average Bonchev–Trinajstić information content (AvgIpc) is 2.45. The zero-order chi connectivity index (χ0) is 17.2. The van der Waals surface area contributed by atoms with Crippen molar-refractivity contribution in [3.05, 3.63) is 64.6 Å². The van der Waals surface area contributed by atoms with E-state index >= 15 is 0 Å². The number of halogens is 2. The van der Waals surface area contributed by atoms with Crippen LogP contribution in [0, 0.1) is 16.8 Å². The van der Waals surface area contributed by atoms with Crippen molar-refractivity contribution < 1.29 is 23.5 Å². The van der Waals surface area contributed by atoms with Crippen LogP contribution in [0.25, 0.3) is 0 Å². The number of rotatable bonds is 3. The summed E-state index contributed by atoms with van der Waals surface area (Å²) in [6.07, 6.45) is 1.22. The maximum atomic E-state index is 13.5. The molecule has 1 aromatic carbocycles. The van der Waals surface area contributed by atoms with E-state index in [1.54, 1.807) is 26.8 Å². The Balaban J connectivity index is 2.64. The summed E-state index contributed by atoms with van der Waals surface area (Å²) >= 11 is 0. The van der Waals surface area contributed by atoms with Gasteiger partial charge in [-0.3, -0.25) is 0 Å². The molecule has 5 nitrogen and oxygen atoms in total. The summed E-state index contributed by atoms with van der Waals surface area (Å²) in [7, 11) is 0. The highest BCUT2D eigenvalue weighted by Crippen LogP contribution is 2.24. The monoisotopic (exact) mass is 322 g/mol. The summed E-state index contributed by atoms with van der Waals surface area (Å²) in [6.45, 7) is 5.19. The number of nitrogens with zero attached hydrogens (tertiary/aromatic N) is 2. The molecule has 1 heterocycles. The molecule has 2 aromatic rings. The normalized spacial score (nSPS) is 12.3. The minimum Gasteiger partial charge on any atom is -0.618 e. The van der Waals surface area contributed by atoms with Gasteiger partial charge in [-0.1, -0.05) is 5.16 Å². The maximum Gasteiger partial charge on any atom is 0.246 e. The molecule has 0 aliphatic heterocycles. The van der Waals surface area contributed by atoms with Gasteiger partial charge in [-0.2, -0.15) is 4.73 Å². The molecule has 2 rings (SSSR count). The summed E-state index contributed by atoms with van der Waals surface area (Å²) in [6, 6.07) is 5.90. The SMILES string of the molecule is CC(C)(C)ON=C(c1cc(F)c(F)cc1O)c1cccc[n+]1[O-]. The van der Waals surface area contributed by atoms with E-state index in [0.717, 1.165) is 6.07 Å². The molecule has 23 heavy (non-hydrogen) atoms. The van der Waals surface area contributed by atoms with Crippen molar-refractivity contribution in [2.24, 2.45) is 5.16 Å². The van der Waals surface area contributed by atoms with Crippen LogP contribution >= 0.6 is 0 Å². The van der Waals surface area contributed by atoms with Crippen LogP contribution in [0.3, 0.4) is 0 Å². The van der Waals surface area contributed by atoms with Crippen LogP contribution in [-0.4, -0.2) is 16.4 Å². The van der Waals surface area contributed by atoms with Crippen LogP contribution in [0.1, 0.15) is 32.0 Å². The number of aromatic hydroxyl groups is 1. The van der Waals surface area contributed by atoms with Gasteiger partial charge in [-0.15, -0.1) is 0 Å². The topological polar surface area (TPSA) is 68.8 Å². The van der Waals surface area contributed by atoms with E-state index in [0.29, 0.717) is 10.8 Å². The molecule has 0 fully saturated rings. The quantitative estimate of drug-likeness (QED) is 0.409. The molecule has 0 saturated carbocycles. The Labute approximate surface area is 132 Å². The van der Waals surface area contributed by atoms with Crippen molar-refractivity contribution in [3.63, 3.8) is 0 Å². The van der Waals surface area contributed by atoms with Gasteiger partial charge in [0.25, 0.3) is 0 Å². The van der Waals surface area contributed by atoms with Gasteiger partial charge in [0, 0.05) is 18.2 Å². The van der Waals surface area contributed by atoms with Gasteiger partial charge in [-0.25, -0.2) is 8.78 Å². The number of phenols is 1. The van der Waals surface area contributed by atoms with Crippen LogP contribution < -0.4 is 4.73 Å². The third kappa shape index (κ3) is 3.94. The molecular weight excluding hydrogens is 306 g/mol. The molecule has 0 aliphatic rings. The van der Waals surface area contributed by atoms with E-state index in [9.17, 15) is 19.1 Å². The summed E-state index contributed by atoms with van der Waals surface area (Å²) in [5.41, 5.74) is -0.906. The lowest BCUT2D eigenvalue weighted by molar-refractivity contribution is -0.606. The van der Waals surface area contributed by atoms with Gasteiger partial charge in [0.15, 0.2) is 23.5 Å². The molecule has 0 saturated heterocycles. The summed E-state index contributed by atoms with van der Waals surface area (Å²) in [4.78, 5) is 5.29. The van der Waals surface area contributed by atoms with Gasteiger partial charge in [0.1, 0.15) is 11.4 Å². The first-order valence-corrected chi connectivity index (χ1v) is 6.82. The third-order valence-corrected chi connectivity index (χ3v) is 2.77. The van der Waals surface area contributed by atoms with Crippen molar-refractivity contribution in [1.29, 1.82) is 0 Å². The number of oxime groups is 1. The molecule has 0 unspecified atom stereocenters. The standard InChI is InChI=1S/C16H16F2N2O3/c1-16(2,3)23-19-15(13-6-4-5-7-20(13)22)10-8-11(17)12(18)9-14(10)21/h4-9,21H,1-3H3. The first-order chi connectivity index (χ1) is 10.7. The fraction of sp³-hybridized carbons (Fsp3) is 0.250. The van der Waals surface area contributed by atoms with Gasteiger partial charge >= 0.3 is 0 Å². The number of hydrogen-bond acceptors (Lipinski definition) is 4. The average molecular weight is 322 g/mol. The molecule has 7 heteroatoms. The van der Waals surface area contributed by atoms with Crippen LogP contribution in [-0.2, 0) is 4.84 Å². The lowest BCUT2D eigenvalue weighted by atomic mass is 10.1. The van der Waals surface area contributed by atoms with Gasteiger partial charge in [-0.05, 0) is 32.9 Å². The third-order valence-electron chi connectivity index (χ3n) is 2.77. The van der Waals surface area contributed by atoms with Crippen molar-refractivity contribution in [1.82, 2.24) is 0 Å². The second-order valence-electron chi connectivity index (χ2n) is 5.84. The minimum absolute atomic E-state index is 0.0260. The van der Waals surface area contributed by atoms with Gasteiger partial charge < -0.3 is 15.2 Å². The molecule has 0 aliphatic carbocycles. The number of phenolic OH excluding ortho intramolecular Hbond substituents is 1. The van der Waals surface area contributed by atoms with Crippen LogP contribution in [0.15, 0.2) is 41.7 Å². The van der Waals surface area contributed by atoms with E-state index < -0.39 is 23.0 Å². The van der Waals surface area contributed by atoms with Crippen molar-refractivity contribution in [2.75, 3.05) is 0 Å². The number of aromatic nitrogens is 1. The smallest absolute Gasteiger partial charge is 0.246 e. The van der Waals surface area contributed by atoms with Crippen LogP contribution in [0.4, 0.5) is 8.78 Å². The van der Waals surface area contributed by atoms with Crippen molar-refractivity contribution in [2.45, 2.75) is 26.4 Å².